The van der Waals surface area contributed by atoms with Gasteiger partial charge in [0.1, 0.15) is 23.9 Å². The van der Waals surface area contributed by atoms with Crippen molar-refractivity contribution in [3.8, 4) is 0 Å². The number of carbonyl (C=O) groups is 5. The number of urea groups is 1. The van der Waals surface area contributed by atoms with Crippen LogP contribution >= 0.6 is 0 Å². The topological polar surface area (TPSA) is 183 Å². The molecule has 3 N–H and O–H groups in total. The Kier molecular flexibility index (Phi) is 12.9. The molecule has 0 spiro atoms. The first kappa shape index (κ1) is 39.2. The molecule has 0 radical (unpaired) electrons. The Morgan fingerprint density at radius 3 is 1.96 bits per heavy atom. The number of alkyl carbamates (subject to hydrolysis) is 1. The van der Waals surface area contributed by atoms with E-state index in [0.717, 1.165) is 11.3 Å². The molecule has 2 aliphatic rings. The maximum absolute atomic E-state index is 13.3. The van der Waals surface area contributed by atoms with Gasteiger partial charge in [-0.15, -0.1) is 0 Å². The Bertz CT molecular complexity index is 1580. The molecule has 2 aromatic carbocycles. The number of hydrogen-bond acceptors (Lipinski definition) is 10. The number of anilines is 1. The van der Waals surface area contributed by atoms with Crippen molar-refractivity contribution in [1.82, 2.24) is 25.3 Å². The summed E-state index contributed by atoms with van der Waals surface area (Å²) in [7, 11) is 0. The molecule has 2 fully saturated rings. The lowest BCUT2D eigenvalue weighted by atomic mass is 10.2. The Morgan fingerprint density at radius 1 is 0.808 bits per heavy atom. The van der Waals surface area contributed by atoms with Crippen molar-refractivity contribution in [2.24, 2.45) is 4.99 Å². The molecule has 0 saturated carbocycles. The summed E-state index contributed by atoms with van der Waals surface area (Å²) in [5.41, 5.74) is 0.526. The van der Waals surface area contributed by atoms with E-state index in [1.807, 2.05) is 24.3 Å². The third-order valence-electron chi connectivity index (χ3n) is 7.73. The number of piperazine rings is 1. The SMILES string of the molecule is CC(C)(C)OC(=O)N1CCCN(C(=O)OC(C)(C)C)C1=Nc1cccc(N2CCN(C(=O)NCC(NC(=O)OCc3ccccc3)C(=O)O)CC2)c1. The molecule has 52 heavy (non-hydrogen) atoms. The van der Waals surface area contributed by atoms with E-state index >= 15 is 0 Å². The summed E-state index contributed by atoms with van der Waals surface area (Å²) >= 11 is 0. The maximum Gasteiger partial charge on any atom is 0.417 e. The highest BCUT2D eigenvalue weighted by Crippen LogP contribution is 2.26. The molecule has 0 bridgehead atoms. The molecule has 0 aliphatic carbocycles. The summed E-state index contributed by atoms with van der Waals surface area (Å²) in [5, 5.41) is 14.5. The van der Waals surface area contributed by atoms with Gasteiger partial charge >= 0.3 is 30.3 Å². The maximum atomic E-state index is 13.3. The molecule has 0 aromatic heterocycles. The van der Waals surface area contributed by atoms with E-state index in [-0.39, 0.29) is 19.1 Å². The van der Waals surface area contributed by atoms with Crippen LogP contribution in [0.15, 0.2) is 59.6 Å². The molecule has 2 aromatic rings. The Hall–Kier alpha value is -5.54. The highest BCUT2D eigenvalue weighted by atomic mass is 16.6. The average Bonchev–Trinajstić information content (AvgIpc) is 3.08. The molecular weight excluding hydrogens is 674 g/mol. The van der Waals surface area contributed by atoms with Gasteiger partial charge in [0.05, 0.1) is 12.2 Å². The summed E-state index contributed by atoms with van der Waals surface area (Å²) in [4.78, 5) is 74.5. The Balaban J connectivity index is 1.38. The first-order valence-electron chi connectivity index (χ1n) is 17.2. The van der Waals surface area contributed by atoms with Gasteiger partial charge in [-0.2, -0.15) is 0 Å². The van der Waals surface area contributed by atoms with E-state index < -0.39 is 47.5 Å². The zero-order valence-corrected chi connectivity index (χ0v) is 30.6. The second-order valence-corrected chi connectivity index (χ2v) is 14.3. The normalized spacial score (nSPS) is 15.7. The molecule has 2 heterocycles. The summed E-state index contributed by atoms with van der Waals surface area (Å²) in [6, 6.07) is 14.4. The van der Waals surface area contributed by atoms with Crippen LogP contribution in [0.2, 0.25) is 0 Å². The third kappa shape index (κ3) is 11.8. The second-order valence-electron chi connectivity index (χ2n) is 14.3. The zero-order valence-electron chi connectivity index (χ0n) is 30.6. The van der Waals surface area contributed by atoms with Crippen molar-refractivity contribution in [1.29, 1.82) is 0 Å². The van der Waals surface area contributed by atoms with E-state index in [1.165, 1.54) is 9.80 Å². The van der Waals surface area contributed by atoms with E-state index in [1.54, 1.807) is 76.8 Å². The second kappa shape index (κ2) is 17.1. The number of nitrogens with zero attached hydrogens (tertiary/aromatic N) is 5. The molecule has 16 nitrogen and oxygen atoms in total. The monoisotopic (exact) mass is 723 g/mol. The fourth-order valence-corrected chi connectivity index (χ4v) is 5.28. The fraction of sp³-hybridized carbons (Fsp3) is 0.500. The van der Waals surface area contributed by atoms with Crippen molar-refractivity contribution in [2.45, 2.75) is 71.8 Å². The van der Waals surface area contributed by atoms with Gasteiger partial charge in [-0.05, 0) is 71.7 Å². The number of ether oxygens (including phenoxy) is 3. The number of aliphatic imine (C=N–C) groups is 1. The van der Waals surface area contributed by atoms with Crippen molar-refractivity contribution < 1.29 is 43.3 Å². The van der Waals surface area contributed by atoms with Crippen molar-refractivity contribution in [2.75, 3.05) is 50.7 Å². The minimum atomic E-state index is -1.39. The van der Waals surface area contributed by atoms with Crippen LogP contribution in [0.25, 0.3) is 0 Å². The number of aliphatic carboxylic acids is 1. The quantitative estimate of drug-likeness (QED) is 0.321. The van der Waals surface area contributed by atoms with Crippen LogP contribution in [0.5, 0.6) is 0 Å². The lowest BCUT2D eigenvalue weighted by Gasteiger charge is -2.37. The third-order valence-corrected chi connectivity index (χ3v) is 7.73. The number of carboxylic acid groups (broad SMARTS) is 1. The number of benzene rings is 2. The number of hydrogen-bond donors (Lipinski definition) is 3. The zero-order chi connectivity index (χ0) is 38.1. The summed E-state index contributed by atoms with van der Waals surface area (Å²) < 4.78 is 16.4. The number of nitrogens with one attached hydrogen (secondary N) is 2. The van der Waals surface area contributed by atoms with Gasteiger partial charge < -0.3 is 39.8 Å². The predicted octanol–water partition coefficient (Wildman–Crippen LogP) is 4.76. The van der Waals surface area contributed by atoms with Crippen LogP contribution < -0.4 is 15.5 Å². The van der Waals surface area contributed by atoms with Crippen LogP contribution in [0, 0.1) is 0 Å². The largest absolute Gasteiger partial charge is 0.480 e. The first-order chi connectivity index (χ1) is 24.5. The van der Waals surface area contributed by atoms with Gasteiger partial charge in [-0.1, -0.05) is 36.4 Å². The number of amides is 5. The average molecular weight is 724 g/mol. The van der Waals surface area contributed by atoms with Crippen LogP contribution in [-0.2, 0) is 25.6 Å². The lowest BCUT2D eigenvalue weighted by Crippen LogP contribution is -2.56. The summed E-state index contributed by atoms with van der Waals surface area (Å²) in [5.74, 6) is -1.21. The van der Waals surface area contributed by atoms with Gasteiger partial charge in [0.15, 0.2) is 0 Å². The highest BCUT2D eigenvalue weighted by Gasteiger charge is 2.37. The number of guanidine groups is 1. The molecule has 1 unspecified atom stereocenters. The van der Waals surface area contributed by atoms with E-state index in [0.29, 0.717) is 51.4 Å². The molecule has 2 saturated heterocycles. The van der Waals surface area contributed by atoms with E-state index in [4.69, 9.17) is 19.2 Å². The van der Waals surface area contributed by atoms with Gasteiger partial charge in [-0.25, -0.2) is 38.8 Å². The highest BCUT2D eigenvalue weighted by molar-refractivity contribution is 6.03. The number of rotatable bonds is 8. The molecule has 5 amide bonds. The molecular formula is C36H49N7O9. The Morgan fingerprint density at radius 2 is 1.40 bits per heavy atom. The van der Waals surface area contributed by atoms with Gasteiger partial charge in [0, 0.05) is 45.0 Å². The van der Waals surface area contributed by atoms with E-state index in [9.17, 15) is 29.1 Å². The molecule has 1 atom stereocenters. The fourth-order valence-electron chi connectivity index (χ4n) is 5.28. The van der Waals surface area contributed by atoms with Crippen LogP contribution in [0.1, 0.15) is 53.5 Å². The minimum absolute atomic E-state index is 0.0267. The summed E-state index contributed by atoms with van der Waals surface area (Å²) in [6.07, 6.45) is -1.66. The summed E-state index contributed by atoms with van der Waals surface area (Å²) in [6.45, 7) is 12.4. The van der Waals surface area contributed by atoms with Crippen LogP contribution in [0.4, 0.5) is 30.6 Å². The van der Waals surface area contributed by atoms with Gasteiger partial charge in [-0.3, -0.25) is 0 Å². The lowest BCUT2D eigenvalue weighted by molar-refractivity contribution is -0.139. The minimum Gasteiger partial charge on any atom is -0.480 e. The number of carboxylic acids is 1. The standard InChI is InChI=1S/C36H49N7O9/c1-35(2,3)51-33(48)42-16-11-17-43(34(49)52-36(4,5)6)30(42)38-26-14-10-15-27(22-26)40-18-20-41(21-19-40)31(46)37-23-28(29(44)45)39-32(47)50-24-25-12-8-7-9-13-25/h7-10,12-15,22,28H,11,16-21,23-24H2,1-6H3,(H,37,46)(H,39,47)(H,44,45). The Labute approximate surface area is 303 Å². The molecule has 4 rings (SSSR count). The van der Waals surface area contributed by atoms with Crippen LogP contribution in [0.3, 0.4) is 0 Å². The molecule has 16 heteroatoms. The van der Waals surface area contributed by atoms with Crippen LogP contribution in [-0.4, -0.2) is 119 Å². The smallest absolute Gasteiger partial charge is 0.417 e. The van der Waals surface area contributed by atoms with Crippen molar-refractivity contribution in [3.05, 3.63) is 60.2 Å². The van der Waals surface area contributed by atoms with E-state index in [2.05, 4.69) is 15.5 Å². The first-order valence-corrected chi connectivity index (χ1v) is 17.2. The predicted molar refractivity (Wildman–Crippen MR) is 192 cm³/mol. The van der Waals surface area contributed by atoms with Gasteiger partial charge in [0.2, 0.25) is 5.96 Å². The molecule has 282 valence electrons. The number of carbonyl (C=O) groups excluding carboxylic acids is 4. The molecule has 2 aliphatic heterocycles. The van der Waals surface area contributed by atoms with Crippen molar-refractivity contribution in [3.63, 3.8) is 0 Å². The van der Waals surface area contributed by atoms with Gasteiger partial charge in [0.25, 0.3) is 0 Å². The van der Waals surface area contributed by atoms with Crippen molar-refractivity contribution >= 4 is 47.6 Å².